The highest BCUT2D eigenvalue weighted by Gasteiger charge is 2.15. The zero-order chi connectivity index (χ0) is 13.0. The van der Waals surface area contributed by atoms with Crippen LogP contribution in [0, 0.1) is 6.92 Å². The number of hydrogen-bond donors (Lipinski definition) is 1. The third kappa shape index (κ3) is 3.54. The average molecular weight is 314 g/mol. The van der Waals surface area contributed by atoms with Crippen LogP contribution in [0.5, 0.6) is 0 Å². The van der Waals surface area contributed by atoms with Gasteiger partial charge in [0.05, 0.1) is 25.9 Å². The molecule has 18 heavy (non-hydrogen) atoms. The molecule has 0 aliphatic carbocycles. The summed E-state index contributed by atoms with van der Waals surface area (Å²) in [6.07, 6.45) is -0.0424. The lowest BCUT2D eigenvalue weighted by molar-refractivity contribution is -0.0855. The Hall–Kier alpha value is -0.910. The first-order valence-electron chi connectivity index (χ1n) is 5.90. The summed E-state index contributed by atoms with van der Waals surface area (Å²) in [7, 11) is 0. The van der Waals surface area contributed by atoms with Gasteiger partial charge in [0.2, 0.25) is 0 Å². The summed E-state index contributed by atoms with van der Waals surface area (Å²) in [4.78, 5) is 11.9. The number of carbonyl (C=O) groups is 1. The Morgan fingerprint density at radius 3 is 3.00 bits per heavy atom. The van der Waals surface area contributed by atoms with Crippen molar-refractivity contribution in [3.8, 4) is 0 Å². The first kappa shape index (κ1) is 13.5. The van der Waals surface area contributed by atoms with Crippen molar-refractivity contribution in [3.05, 3.63) is 33.8 Å². The molecule has 1 aromatic carbocycles. The van der Waals surface area contributed by atoms with E-state index in [1.165, 1.54) is 0 Å². The summed E-state index contributed by atoms with van der Waals surface area (Å²) in [5, 5.41) is 2.86. The molecule has 1 aromatic rings. The smallest absolute Gasteiger partial charge is 0.251 e. The molecular formula is C13H16BrNO3. The quantitative estimate of drug-likeness (QED) is 0.927. The maximum Gasteiger partial charge on any atom is 0.251 e. The van der Waals surface area contributed by atoms with E-state index in [2.05, 4.69) is 21.2 Å². The molecule has 0 radical (unpaired) electrons. The van der Waals surface area contributed by atoms with Crippen molar-refractivity contribution in [2.24, 2.45) is 0 Å². The molecule has 0 aromatic heterocycles. The van der Waals surface area contributed by atoms with E-state index in [1.54, 1.807) is 6.07 Å². The minimum absolute atomic E-state index is 0.0424. The minimum atomic E-state index is -0.0835. The van der Waals surface area contributed by atoms with Crippen LogP contribution >= 0.6 is 15.9 Å². The molecule has 1 heterocycles. The second-order valence-electron chi connectivity index (χ2n) is 4.24. The van der Waals surface area contributed by atoms with Gasteiger partial charge in [0.25, 0.3) is 5.91 Å². The summed E-state index contributed by atoms with van der Waals surface area (Å²) >= 11 is 3.41. The van der Waals surface area contributed by atoms with Crippen molar-refractivity contribution < 1.29 is 14.3 Å². The van der Waals surface area contributed by atoms with Gasteiger partial charge in [-0.25, -0.2) is 0 Å². The van der Waals surface area contributed by atoms with Crippen LogP contribution in [0.25, 0.3) is 0 Å². The van der Waals surface area contributed by atoms with E-state index in [1.807, 2.05) is 19.1 Å². The molecule has 5 heteroatoms. The Labute approximate surface area is 115 Å². The van der Waals surface area contributed by atoms with Crippen LogP contribution in [0.4, 0.5) is 0 Å². The average Bonchev–Trinajstić information content (AvgIpc) is 2.40. The van der Waals surface area contributed by atoms with E-state index in [4.69, 9.17) is 9.47 Å². The molecule has 1 amide bonds. The molecule has 1 unspecified atom stereocenters. The van der Waals surface area contributed by atoms with Crippen molar-refractivity contribution >= 4 is 21.8 Å². The van der Waals surface area contributed by atoms with Gasteiger partial charge in [-0.15, -0.1) is 0 Å². The first-order chi connectivity index (χ1) is 8.66. The van der Waals surface area contributed by atoms with Gasteiger partial charge in [-0.2, -0.15) is 0 Å². The molecule has 1 saturated heterocycles. The highest BCUT2D eigenvalue weighted by molar-refractivity contribution is 9.10. The SMILES string of the molecule is Cc1cc(C(=O)NCC2COCCO2)ccc1Br. The molecule has 2 rings (SSSR count). The minimum Gasteiger partial charge on any atom is -0.376 e. The van der Waals surface area contributed by atoms with Gasteiger partial charge in [0.1, 0.15) is 0 Å². The number of ether oxygens (including phenoxy) is 2. The van der Waals surface area contributed by atoms with E-state index >= 15 is 0 Å². The molecule has 0 bridgehead atoms. The number of amides is 1. The monoisotopic (exact) mass is 313 g/mol. The second kappa shape index (κ2) is 6.31. The third-order valence-electron chi connectivity index (χ3n) is 2.80. The summed E-state index contributed by atoms with van der Waals surface area (Å²) < 4.78 is 11.7. The van der Waals surface area contributed by atoms with Gasteiger partial charge in [-0.1, -0.05) is 15.9 Å². The highest BCUT2D eigenvalue weighted by Crippen LogP contribution is 2.17. The van der Waals surface area contributed by atoms with E-state index in [0.29, 0.717) is 31.9 Å². The number of carbonyl (C=O) groups excluding carboxylic acids is 1. The standard InChI is InChI=1S/C13H16BrNO3/c1-9-6-10(2-3-12(9)14)13(16)15-7-11-8-17-4-5-18-11/h2-3,6,11H,4-5,7-8H2,1H3,(H,15,16). The molecule has 0 saturated carbocycles. The molecule has 1 fully saturated rings. The van der Waals surface area contributed by atoms with E-state index in [-0.39, 0.29) is 12.0 Å². The van der Waals surface area contributed by atoms with E-state index in [9.17, 15) is 4.79 Å². The molecule has 0 spiro atoms. The maximum atomic E-state index is 11.9. The lowest BCUT2D eigenvalue weighted by Crippen LogP contribution is -2.39. The summed E-state index contributed by atoms with van der Waals surface area (Å²) in [5.41, 5.74) is 1.70. The normalized spacial score (nSPS) is 19.6. The number of hydrogen-bond acceptors (Lipinski definition) is 3. The second-order valence-corrected chi connectivity index (χ2v) is 5.10. The summed E-state index contributed by atoms with van der Waals surface area (Å²) in [5.74, 6) is -0.0835. The lowest BCUT2D eigenvalue weighted by Gasteiger charge is -2.23. The van der Waals surface area contributed by atoms with E-state index in [0.717, 1.165) is 10.0 Å². The number of rotatable bonds is 3. The Morgan fingerprint density at radius 1 is 1.50 bits per heavy atom. The van der Waals surface area contributed by atoms with Crippen LogP contribution in [0.15, 0.2) is 22.7 Å². The molecule has 1 N–H and O–H groups in total. The zero-order valence-electron chi connectivity index (χ0n) is 10.2. The van der Waals surface area contributed by atoms with Crippen molar-refractivity contribution in [1.29, 1.82) is 0 Å². The molecule has 1 aliphatic heterocycles. The van der Waals surface area contributed by atoms with Crippen LogP contribution in [-0.4, -0.2) is 38.4 Å². The van der Waals surface area contributed by atoms with Gasteiger partial charge in [0, 0.05) is 16.6 Å². The van der Waals surface area contributed by atoms with Gasteiger partial charge in [0.15, 0.2) is 0 Å². The molecule has 98 valence electrons. The van der Waals surface area contributed by atoms with Crippen LogP contribution < -0.4 is 5.32 Å². The van der Waals surface area contributed by atoms with Crippen LogP contribution in [0.3, 0.4) is 0 Å². The Bertz CT molecular complexity index is 430. The predicted molar refractivity (Wildman–Crippen MR) is 71.8 cm³/mol. The number of aryl methyl sites for hydroxylation is 1. The number of benzene rings is 1. The molecular weight excluding hydrogens is 298 g/mol. The summed E-state index contributed by atoms with van der Waals surface area (Å²) in [6, 6.07) is 5.53. The van der Waals surface area contributed by atoms with Gasteiger partial charge in [-0.05, 0) is 30.7 Å². The summed E-state index contributed by atoms with van der Waals surface area (Å²) in [6.45, 7) is 4.21. The van der Waals surface area contributed by atoms with Crippen LogP contribution in [0.1, 0.15) is 15.9 Å². The zero-order valence-corrected chi connectivity index (χ0v) is 11.8. The predicted octanol–water partition coefficient (Wildman–Crippen LogP) is 1.90. The van der Waals surface area contributed by atoms with Gasteiger partial charge in [-0.3, -0.25) is 4.79 Å². The molecule has 1 aliphatic rings. The highest BCUT2D eigenvalue weighted by atomic mass is 79.9. The Kier molecular flexibility index (Phi) is 4.74. The van der Waals surface area contributed by atoms with Crippen molar-refractivity contribution in [2.75, 3.05) is 26.4 Å². The van der Waals surface area contributed by atoms with Crippen molar-refractivity contribution in [2.45, 2.75) is 13.0 Å². The fraction of sp³-hybridized carbons (Fsp3) is 0.462. The Balaban J connectivity index is 1.88. The number of nitrogens with one attached hydrogen (secondary N) is 1. The topological polar surface area (TPSA) is 47.6 Å². The molecule has 4 nitrogen and oxygen atoms in total. The van der Waals surface area contributed by atoms with Crippen molar-refractivity contribution in [3.63, 3.8) is 0 Å². The van der Waals surface area contributed by atoms with E-state index < -0.39 is 0 Å². The van der Waals surface area contributed by atoms with Crippen LogP contribution in [0.2, 0.25) is 0 Å². The molecule has 1 atom stereocenters. The number of halogens is 1. The third-order valence-corrected chi connectivity index (χ3v) is 3.69. The Morgan fingerprint density at radius 2 is 2.33 bits per heavy atom. The van der Waals surface area contributed by atoms with Crippen molar-refractivity contribution in [1.82, 2.24) is 5.32 Å². The maximum absolute atomic E-state index is 11.9. The largest absolute Gasteiger partial charge is 0.376 e. The fourth-order valence-corrected chi connectivity index (χ4v) is 2.00. The van der Waals surface area contributed by atoms with Gasteiger partial charge >= 0.3 is 0 Å². The van der Waals surface area contributed by atoms with Crippen LogP contribution in [-0.2, 0) is 9.47 Å². The lowest BCUT2D eigenvalue weighted by atomic mass is 10.1. The fourth-order valence-electron chi connectivity index (χ4n) is 1.75. The van der Waals surface area contributed by atoms with Gasteiger partial charge < -0.3 is 14.8 Å². The first-order valence-corrected chi connectivity index (χ1v) is 6.70.